The summed E-state index contributed by atoms with van der Waals surface area (Å²) in [6.07, 6.45) is 4.68. The van der Waals surface area contributed by atoms with E-state index in [1.54, 1.807) is 0 Å². The van der Waals surface area contributed by atoms with Crippen LogP contribution in [0, 0.1) is 0 Å². The minimum atomic E-state index is -0.741. The fourth-order valence-electron chi connectivity index (χ4n) is 2.27. The van der Waals surface area contributed by atoms with E-state index in [9.17, 15) is 4.79 Å². The molecule has 0 atom stereocenters. The Balaban J connectivity index is 1.78. The van der Waals surface area contributed by atoms with Crippen molar-refractivity contribution in [3.63, 3.8) is 0 Å². The summed E-state index contributed by atoms with van der Waals surface area (Å²) >= 11 is 0. The zero-order chi connectivity index (χ0) is 12.8. The van der Waals surface area contributed by atoms with E-state index in [1.165, 1.54) is 0 Å². The van der Waals surface area contributed by atoms with Crippen LogP contribution in [-0.4, -0.2) is 11.4 Å². The van der Waals surface area contributed by atoms with Crippen molar-refractivity contribution in [1.82, 2.24) is 5.48 Å². The van der Waals surface area contributed by atoms with Crippen LogP contribution in [0.25, 0.3) is 0 Å². The normalized spacial score (nSPS) is 18.3. The number of hydrogen-bond acceptors (Lipinski definition) is 3. The van der Waals surface area contributed by atoms with E-state index in [0.29, 0.717) is 6.61 Å². The van der Waals surface area contributed by atoms with Gasteiger partial charge >= 0.3 is 0 Å². The fraction of sp³-hybridized carbons (Fsp3) is 0.500. The Bertz CT molecular complexity index is 386. The van der Waals surface area contributed by atoms with Crippen LogP contribution in [0.5, 0.6) is 0 Å². The van der Waals surface area contributed by atoms with Crippen molar-refractivity contribution in [1.29, 1.82) is 0 Å². The molecule has 0 aromatic heterocycles. The molecule has 0 unspecified atom stereocenters. The van der Waals surface area contributed by atoms with E-state index in [2.05, 4.69) is 5.48 Å². The second-order valence-electron chi connectivity index (χ2n) is 4.92. The molecule has 1 fully saturated rings. The molecule has 1 amide bonds. The van der Waals surface area contributed by atoms with E-state index < -0.39 is 5.54 Å². The second-order valence-corrected chi connectivity index (χ2v) is 4.92. The first-order chi connectivity index (χ1) is 8.71. The molecule has 1 aromatic carbocycles. The maximum Gasteiger partial charge on any atom is 0.263 e. The highest BCUT2D eigenvalue weighted by atomic mass is 16.6. The summed E-state index contributed by atoms with van der Waals surface area (Å²) in [6, 6.07) is 9.72. The van der Waals surface area contributed by atoms with Gasteiger partial charge in [-0.25, -0.2) is 5.48 Å². The van der Waals surface area contributed by atoms with Gasteiger partial charge in [0.15, 0.2) is 0 Å². The van der Waals surface area contributed by atoms with Gasteiger partial charge in [0.1, 0.15) is 0 Å². The predicted molar refractivity (Wildman–Crippen MR) is 69.4 cm³/mol. The lowest BCUT2D eigenvalue weighted by Gasteiger charge is -2.31. The summed E-state index contributed by atoms with van der Waals surface area (Å²) in [5.41, 5.74) is 8.85. The Hall–Kier alpha value is -1.39. The first-order valence-corrected chi connectivity index (χ1v) is 6.46. The van der Waals surface area contributed by atoms with E-state index in [4.69, 9.17) is 10.6 Å². The van der Waals surface area contributed by atoms with E-state index in [0.717, 1.165) is 37.7 Å². The molecule has 1 saturated carbocycles. The molecule has 0 aliphatic heterocycles. The number of nitrogens with one attached hydrogen (secondary N) is 1. The largest absolute Gasteiger partial charge is 0.317 e. The highest BCUT2D eigenvalue weighted by molar-refractivity contribution is 5.85. The molecule has 0 heterocycles. The molecule has 0 spiro atoms. The summed E-state index contributed by atoms with van der Waals surface area (Å²) in [6.45, 7) is 0.364. The monoisotopic (exact) mass is 248 g/mol. The molecule has 1 aliphatic carbocycles. The van der Waals surface area contributed by atoms with Crippen LogP contribution in [0.15, 0.2) is 30.3 Å². The van der Waals surface area contributed by atoms with Gasteiger partial charge in [-0.1, -0.05) is 49.6 Å². The summed E-state index contributed by atoms with van der Waals surface area (Å²) in [4.78, 5) is 17.2. The Kier molecular flexibility index (Phi) is 4.33. The number of carbonyl (C=O) groups excluding carboxylic acids is 1. The molecule has 4 heteroatoms. The zero-order valence-corrected chi connectivity index (χ0v) is 10.5. The SMILES string of the molecule is NC1(C(=O)NOCc2ccccc2)CCCCC1. The van der Waals surface area contributed by atoms with Gasteiger partial charge in [-0.15, -0.1) is 0 Å². The number of benzene rings is 1. The summed E-state index contributed by atoms with van der Waals surface area (Å²) in [5.74, 6) is -0.196. The second kappa shape index (κ2) is 5.98. The molecule has 0 saturated heterocycles. The molecule has 4 nitrogen and oxygen atoms in total. The number of amides is 1. The third kappa shape index (κ3) is 3.31. The average Bonchev–Trinajstić information content (AvgIpc) is 2.41. The van der Waals surface area contributed by atoms with Crippen molar-refractivity contribution >= 4 is 5.91 Å². The van der Waals surface area contributed by atoms with E-state index in [-0.39, 0.29) is 5.91 Å². The summed E-state index contributed by atoms with van der Waals surface area (Å²) in [5, 5.41) is 0. The van der Waals surface area contributed by atoms with Crippen LogP contribution in [0.1, 0.15) is 37.7 Å². The Morgan fingerprint density at radius 2 is 1.89 bits per heavy atom. The molecular formula is C14H20N2O2. The lowest BCUT2D eigenvalue weighted by molar-refractivity contribution is -0.141. The van der Waals surface area contributed by atoms with Crippen LogP contribution >= 0.6 is 0 Å². The van der Waals surface area contributed by atoms with Gasteiger partial charge in [0.05, 0.1) is 12.1 Å². The minimum Gasteiger partial charge on any atom is -0.317 e. The molecule has 1 aromatic rings. The lowest BCUT2D eigenvalue weighted by atomic mass is 9.82. The van der Waals surface area contributed by atoms with Crippen molar-refractivity contribution in [2.45, 2.75) is 44.2 Å². The maximum absolute atomic E-state index is 11.9. The third-order valence-corrected chi connectivity index (χ3v) is 3.44. The van der Waals surface area contributed by atoms with Gasteiger partial charge in [-0.3, -0.25) is 9.63 Å². The van der Waals surface area contributed by atoms with Gasteiger partial charge in [-0.2, -0.15) is 0 Å². The first-order valence-electron chi connectivity index (χ1n) is 6.46. The molecule has 98 valence electrons. The summed E-state index contributed by atoms with van der Waals surface area (Å²) < 4.78 is 0. The smallest absolute Gasteiger partial charge is 0.263 e. The van der Waals surface area contributed by atoms with Crippen LogP contribution < -0.4 is 11.2 Å². The lowest BCUT2D eigenvalue weighted by Crippen LogP contribution is -2.54. The molecule has 18 heavy (non-hydrogen) atoms. The zero-order valence-electron chi connectivity index (χ0n) is 10.5. The molecule has 1 aliphatic rings. The van der Waals surface area contributed by atoms with Crippen molar-refractivity contribution in [2.75, 3.05) is 0 Å². The van der Waals surface area contributed by atoms with Gasteiger partial charge < -0.3 is 5.73 Å². The Labute approximate surface area is 107 Å². The average molecular weight is 248 g/mol. The topological polar surface area (TPSA) is 64.4 Å². The minimum absolute atomic E-state index is 0.196. The van der Waals surface area contributed by atoms with Crippen LogP contribution in [0.4, 0.5) is 0 Å². The number of carbonyl (C=O) groups is 1. The number of hydrogen-bond donors (Lipinski definition) is 2. The number of nitrogens with two attached hydrogens (primary N) is 1. The third-order valence-electron chi connectivity index (χ3n) is 3.44. The first kappa shape index (κ1) is 13.1. The molecular weight excluding hydrogens is 228 g/mol. The molecule has 0 radical (unpaired) electrons. The molecule has 0 bridgehead atoms. The summed E-state index contributed by atoms with van der Waals surface area (Å²) in [7, 11) is 0. The van der Waals surface area contributed by atoms with E-state index in [1.807, 2.05) is 30.3 Å². The van der Waals surface area contributed by atoms with Gasteiger partial charge in [-0.05, 0) is 18.4 Å². The van der Waals surface area contributed by atoms with Gasteiger partial charge in [0.25, 0.3) is 5.91 Å². The standard InChI is InChI=1S/C14H20N2O2/c15-14(9-5-2-6-10-14)13(17)16-18-11-12-7-3-1-4-8-12/h1,3-4,7-8H,2,5-6,9-11,15H2,(H,16,17). The number of rotatable bonds is 4. The van der Waals surface area contributed by atoms with Crippen LogP contribution in [0.2, 0.25) is 0 Å². The van der Waals surface area contributed by atoms with E-state index >= 15 is 0 Å². The van der Waals surface area contributed by atoms with Gasteiger partial charge in [0.2, 0.25) is 0 Å². The maximum atomic E-state index is 11.9. The number of hydroxylamine groups is 1. The Morgan fingerprint density at radius 1 is 1.22 bits per heavy atom. The van der Waals surface area contributed by atoms with Crippen molar-refractivity contribution < 1.29 is 9.63 Å². The highest BCUT2D eigenvalue weighted by Crippen LogP contribution is 2.25. The van der Waals surface area contributed by atoms with Crippen molar-refractivity contribution in [3.8, 4) is 0 Å². The quantitative estimate of drug-likeness (QED) is 0.800. The van der Waals surface area contributed by atoms with Crippen molar-refractivity contribution in [2.24, 2.45) is 5.73 Å². The molecule has 2 rings (SSSR count). The van der Waals surface area contributed by atoms with Crippen LogP contribution in [-0.2, 0) is 16.2 Å². The van der Waals surface area contributed by atoms with Crippen molar-refractivity contribution in [3.05, 3.63) is 35.9 Å². The van der Waals surface area contributed by atoms with Gasteiger partial charge in [0, 0.05) is 0 Å². The fourth-order valence-corrected chi connectivity index (χ4v) is 2.27. The van der Waals surface area contributed by atoms with Crippen LogP contribution in [0.3, 0.4) is 0 Å². The Morgan fingerprint density at radius 3 is 2.56 bits per heavy atom. The molecule has 3 N–H and O–H groups in total. The highest BCUT2D eigenvalue weighted by Gasteiger charge is 2.35. The predicted octanol–water partition coefficient (Wildman–Crippen LogP) is 1.90.